The molecule has 0 spiro atoms. The molecule has 0 amide bonds. The third-order valence-corrected chi connectivity index (χ3v) is 7.13. The molecule has 0 fully saturated rings. The number of ether oxygens (including phenoxy) is 2. The fourth-order valence-corrected chi connectivity index (χ4v) is 4.78. The second-order valence-corrected chi connectivity index (χ2v) is 9.96. The lowest BCUT2D eigenvalue weighted by Crippen LogP contribution is -2.24. The zero-order valence-corrected chi connectivity index (χ0v) is 23.5. The van der Waals surface area contributed by atoms with E-state index in [0.717, 1.165) is 83.1 Å². The zero-order chi connectivity index (χ0) is 28.8. The summed E-state index contributed by atoms with van der Waals surface area (Å²) >= 11 is 0. The summed E-state index contributed by atoms with van der Waals surface area (Å²) in [5, 5.41) is 20.0. The molecular weight excluding hydrogens is 500 g/mol. The first-order valence-electron chi connectivity index (χ1n) is 13.9. The van der Waals surface area contributed by atoms with Gasteiger partial charge in [0.1, 0.15) is 0 Å². The highest BCUT2D eigenvalue weighted by Crippen LogP contribution is 2.27. The smallest absolute Gasteiger partial charge is 0.227 e. The predicted molar refractivity (Wildman–Crippen MR) is 148 cm³/mol. The molecule has 8 heteroatoms. The summed E-state index contributed by atoms with van der Waals surface area (Å²) in [6.45, 7) is 1.49. The summed E-state index contributed by atoms with van der Waals surface area (Å²) < 4.78 is 9.98. The van der Waals surface area contributed by atoms with E-state index < -0.39 is 28.9 Å². The third kappa shape index (κ3) is 9.08. The van der Waals surface area contributed by atoms with E-state index in [-0.39, 0.29) is 34.0 Å². The van der Waals surface area contributed by atoms with E-state index in [1.165, 1.54) is 21.1 Å². The van der Waals surface area contributed by atoms with Crippen molar-refractivity contribution in [3.63, 3.8) is 0 Å². The third-order valence-electron chi connectivity index (χ3n) is 7.13. The number of aliphatic hydroxyl groups excluding tert-OH is 2. The number of unbranched alkanes of at least 4 members (excludes halogenated alkanes) is 10. The standard InChI is InChI=1S/C31H42O8/c1-21-26(33)29(36)23(30(37)31(21)39-3)19-17-15-13-11-9-7-5-4-6-8-10-12-14-16-18-22-27(34)24(32)20-25(38-2)28(22)35/h4-5,20,34,36H,6-19H2,1-3H3. The van der Waals surface area contributed by atoms with Crippen LogP contribution in [0.4, 0.5) is 0 Å². The predicted octanol–water partition coefficient (Wildman–Crippen LogP) is 6.38. The van der Waals surface area contributed by atoms with Gasteiger partial charge in [-0.25, -0.2) is 0 Å². The van der Waals surface area contributed by atoms with Crippen LogP contribution in [-0.4, -0.2) is 47.6 Å². The average Bonchev–Trinajstić information content (AvgIpc) is 2.92. The van der Waals surface area contributed by atoms with Crippen LogP contribution in [0.2, 0.25) is 0 Å². The molecule has 0 aliphatic heterocycles. The van der Waals surface area contributed by atoms with Crippen LogP contribution in [0.15, 0.2) is 58.0 Å². The quantitative estimate of drug-likeness (QED) is 0.116. The molecule has 0 atom stereocenters. The molecule has 0 heterocycles. The van der Waals surface area contributed by atoms with Crippen molar-refractivity contribution in [3.8, 4) is 0 Å². The van der Waals surface area contributed by atoms with Gasteiger partial charge < -0.3 is 19.7 Å². The highest BCUT2D eigenvalue weighted by molar-refractivity contribution is 6.23. The Labute approximate surface area is 231 Å². The van der Waals surface area contributed by atoms with E-state index >= 15 is 0 Å². The molecule has 0 radical (unpaired) electrons. The molecule has 0 aromatic heterocycles. The van der Waals surface area contributed by atoms with Crippen molar-refractivity contribution in [2.24, 2.45) is 0 Å². The number of hydrogen-bond donors (Lipinski definition) is 2. The molecule has 0 saturated carbocycles. The molecule has 2 N–H and O–H groups in total. The molecular formula is C31H42O8. The zero-order valence-electron chi connectivity index (χ0n) is 23.5. The fourth-order valence-electron chi connectivity index (χ4n) is 4.78. The number of methoxy groups -OCH3 is 2. The first-order valence-corrected chi connectivity index (χ1v) is 13.9. The van der Waals surface area contributed by atoms with Gasteiger partial charge in [0.2, 0.25) is 23.1 Å². The number of rotatable bonds is 18. The van der Waals surface area contributed by atoms with Crippen molar-refractivity contribution < 1.29 is 38.9 Å². The molecule has 2 rings (SSSR count). The van der Waals surface area contributed by atoms with E-state index in [4.69, 9.17) is 9.47 Å². The molecule has 2 aliphatic rings. The molecule has 8 nitrogen and oxygen atoms in total. The maximum absolute atomic E-state index is 12.4. The van der Waals surface area contributed by atoms with Crippen LogP contribution >= 0.6 is 0 Å². The van der Waals surface area contributed by atoms with E-state index in [0.29, 0.717) is 12.8 Å². The van der Waals surface area contributed by atoms with Gasteiger partial charge in [-0.2, -0.15) is 0 Å². The van der Waals surface area contributed by atoms with Gasteiger partial charge in [-0.05, 0) is 58.3 Å². The SMILES string of the molecule is COC1=CC(=O)C(O)=C(CCCCCCCC=CCCCCCCCC2=C(O)C(=O)C(C)=C(OC)C2=O)C1=O. The van der Waals surface area contributed by atoms with Crippen LogP contribution in [-0.2, 0) is 28.7 Å². The van der Waals surface area contributed by atoms with Crippen molar-refractivity contribution in [3.05, 3.63) is 58.0 Å². The minimum absolute atomic E-state index is 0.0148. The first-order chi connectivity index (χ1) is 18.7. The number of Topliss-reactive ketones (excluding diaryl/α,β-unsaturated/α-hetero) is 3. The van der Waals surface area contributed by atoms with Gasteiger partial charge in [0.25, 0.3) is 0 Å². The van der Waals surface area contributed by atoms with E-state index in [1.807, 2.05) is 0 Å². The maximum Gasteiger partial charge on any atom is 0.227 e. The van der Waals surface area contributed by atoms with Crippen molar-refractivity contribution in [2.45, 2.75) is 96.8 Å². The van der Waals surface area contributed by atoms with Gasteiger partial charge in [-0.15, -0.1) is 0 Å². The lowest BCUT2D eigenvalue weighted by Gasteiger charge is -2.18. The minimum atomic E-state index is -0.576. The Hall–Kier alpha value is -3.42. The van der Waals surface area contributed by atoms with E-state index in [9.17, 15) is 29.4 Å². The van der Waals surface area contributed by atoms with Gasteiger partial charge in [0.05, 0.1) is 14.2 Å². The van der Waals surface area contributed by atoms with Crippen molar-refractivity contribution in [2.75, 3.05) is 14.2 Å². The van der Waals surface area contributed by atoms with E-state index in [1.54, 1.807) is 0 Å². The largest absolute Gasteiger partial charge is 0.504 e. The molecule has 0 unspecified atom stereocenters. The van der Waals surface area contributed by atoms with Crippen LogP contribution in [0.25, 0.3) is 0 Å². The van der Waals surface area contributed by atoms with Gasteiger partial charge in [-0.3, -0.25) is 19.2 Å². The summed E-state index contributed by atoms with van der Waals surface area (Å²) in [6, 6.07) is 0. The maximum atomic E-state index is 12.4. The summed E-state index contributed by atoms with van der Waals surface area (Å²) in [6.07, 6.45) is 18.1. The topological polar surface area (TPSA) is 127 Å². The lowest BCUT2D eigenvalue weighted by atomic mass is 9.91. The second-order valence-electron chi connectivity index (χ2n) is 9.96. The van der Waals surface area contributed by atoms with Crippen LogP contribution in [0.3, 0.4) is 0 Å². The Bertz CT molecular complexity index is 1080. The Morgan fingerprint density at radius 2 is 1.13 bits per heavy atom. The van der Waals surface area contributed by atoms with Gasteiger partial charge >= 0.3 is 0 Å². The van der Waals surface area contributed by atoms with Crippen LogP contribution < -0.4 is 0 Å². The van der Waals surface area contributed by atoms with Gasteiger partial charge in [0, 0.05) is 22.8 Å². The molecule has 2 aliphatic carbocycles. The number of aliphatic hydroxyl groups is 2. The Balaban J connectivity index is 1.47. The normalized spacial score (nSPS) is 16.6. The first kappa shape index (κ1) is 31.8. The van der Waals surface area contributed by atoms with E-state index in [2.05, 4.69) is 12.2 Å². The molecule has 0 saturated heterocycles. The summed E-state index contributed by atoms with van der Waals surface area (Å²) in [7, 11) is 2.70. The van der Waals surface area contributed by atoms with Crippen molar-refractivity contribution in [1.29, 1.82) is 0 Å². The highest BCUT2D eigenvalue weighted by Gasteiger charge is 2.33. The Morgan fingerprint density at radius 1 is 0.641 bits per heavy atom. The van der Waals surface area contributed by atoms with Gasteiger partial charge in [-0.1, -0.05) is 50.7 Å². The van der Waals surface area contributed by atoms with Crippen molar-refractivity contribution >= 4 is 23.1 Å². The number of hydrogen-bond acceptors (Lipinski definition) is 8. The number of carbonyl (C=O) groups excluding carboxylic acids is 4. The van der Waals surface area contributed by atoms with Crippen LogP contribution in [0.1, 0.15) is 96.8 Å². The lowest BCUT2D eigenvalue weighted by molar-refractivity contribution is -0.120. The Morgan fingerprint density at radius 3 is 1.64 bits per heavy atom. The molecule has 0 bridgehead atoms. The van der Waals surface area contributed by atoms with Crippen LogP contribution in [0.5, 0.6) is 0 Å². The summed E-state index contributed by atoms with van der Waals surface area (Å²) in [5.74, 6) is -2.77. The Kier molecular flexibility index (Phi) is 13.5. The highest BCUT2D eigenvalue weighted by atomic mass is 16.5. The monoisotopic (exact) mass is 542 g/mol. The molecule has 39 heavy (non-hydrogen) atoms. The fraction of sp³-hybridized carbons (Fsp3) is 0.548. The molecule has 0 aromatic rings. The minimum Gasteiger partial charge on any atom is -0.504 e. The summed E-state index contributed by atoms with van der Waals surface area (Å²) in [5.41, 5.74) is 0.471. The second kappa shape index (κ2) is 16.5. The average molecular weight is 543 g/mol. The molecule has 0 aromatic carbocycles. The number of ketones is 4. The van der Waals surface area contributed by atoms with Crippen molar-refractivity contribution in [1.82, 2.24) is 0 Å². The number of allylic oxidation sites excluding steroid dienone is 6. The summed E-state index contributed by atoms with van der Waals surface area (Å²) in [4.78, 5) is 48.4. The van der Waals surface area contributed by atoms with Gasteiger partial charge in [0.15, 0.2) is 23.0 Å². The van der Waals surface area contributed by atoms with Crippen LogP contribution in [0, 0.1) is 0 Å². The number of carbonyl (C=O) groups is 4. The molecule has 214 valence electrons.